The third-order valence-corrected chi connectivity index (χ3v) is 11.1. The van der Waals surface area contributed by atoms with Crippen molar-refractivity contribution in [3.63, 3.8) is 0 Å². The Morgan fingerprint density at radius 1 is 0.241 bits per heavy atom. The van der Waals surface area contributed by atoms with E-state index < -0.39 is 0 Å². The minimum Gasteiger partial charge on any atom is -0.309 e. The Morgan fingerprint density at radius 3 is 1.39 bits per heavy atom. The third-order valence-electron chi connectivity index (χ3n) is 11.1. The molecule has 11 aromatic rings. The second-order valence-electron chi connectivity index (χ2n) is 14.2. The molecule has 9 aromatic carbocycles. The molecule has 252 valence electrons. The molecule has 0 unspecified atom stereocenters. The fourth-order valence-electron chi connectivity index (χ4n) is 8.56. The maximum Gasteiger partial charge on any atom is 0.0541 e. The van der Waals surface area contributed by atoms with Crippen LogP contribution in [0.2, 0.25) is 0 Å². The molecular formula is C52H34N2. The summed E-state index contributed by atoms with van der Waals surface area (Å²) in [4.78, 5) is 0. The van der Waals surface area contributed by atoms with Crippen LogP contribution in [0.4, 0.5) is 0 Å². The normalized spacial score (nSPS) is 11.7. The summed E-state index contributed by atoms with van der Waals surface area (Å²) in [5.41, 5.74) is 14.5. The Morgan fingerprint density at radius 2 is 0.685 bits per heavy atom. The minimum atomic E-state index is 1.15. The molecule has 2 heteroatoms. The van der Waals surface area contributed by atoms with Gasteiger partial charge in [0.15, 0.2) is 0 Å². The van der Waals surface area contributed by atoms with E-state index in [2.05, 4.69) is 215 Å². The number of nitrogens with zero attached hydrogens (tertiary/aromatic N) is 2. The van der Waals surface area contributed by atoms with E-state index in [-0.39, 0.29) is 0 Å². The highest BCUT2D eigenvalue weighted by Gasteiger charge is 2.17. The van der Waals surface area contributed by atoms with Crippen molar-refractivity contribution in [3.05, 3.63) is 206 Å². The molecule has 0 aliphatic rings. The molecular weight excluding hydrogens is 653 g/mol. The molecule has 11 rings (SSSR count). The summed E-state index contributed by atoms with van der Waals surface area (Å²) in [6, 6.07) is 75.2. The lowest BCUT2D eigenvalue weighted by atomic mass is 10.00. The molecule has 0 fully saturated rings. The van der Waals surface area contributed by atoms with E-state index in [1.165, 1.54) is 93.5 Å². The fraction of sp³-hybridized carbons (Fsp3) is 0. The van der Waals surface area contributed by atoms with Crippen LogP contribution in [0.25, 0.3) is 99.1 Å². The monoisotopic (exact) mass is 686 g/mol. The summed E-state index contributed by atoms with van der Waals surface area (Å²) in [5.74, 6) is 0. The van der Waals surface area contributed by atoms with Gasteiger partial charge in [0.25, 0.3) is 0 Å². The molecule has 2 heterocycles. The van der Waals surface area contributed by atoms with Gasteiger partial charge in [0, 0.05) is 32.6 Å². The number of rotatable bonds is 5. The van der Waals surface area contributed by atoms with Gasteiger partial charge in [-0.15, -0.1) is 0 Å². The van der Waals surface area contributed by atoms with Crippen molar-refractivity contribution in [1.29, 1.82) is 0 Å². The van der Waals surface area contributed by atoms with Gasteiger partial charge in [0.05, 0.1) is 27.8 Å². The Bertz CT molecular complexity index is 3190. The smallest absolute Gasteiger partial charge is 0.0541 e. The summed E-state index contributed by atoms with van der Waals surface area (Å²) in [6.45, 7) is 0. The first-order valence-electron chi connectivity index (χ1n) is 18.6. The van der Waals surface area contributed by atoms with E-state index in [4.69, 9.17) is 0 Å². The SMILES string of the molecule is c1ccc(-c2ccc(-c3cccc(-n4c5ccccc5c5cc(-c6ccc7c(c6)c6ccccc6n7-c6cccc7ccccc67)ccc54)c3)cc2)cc1. The van der Waals surface area contributed by atoms with E-state index in [1.54, 1.807) is 0 Å². The van der Waals surface area contributed by atoms with Crippen LogP contribution in [-0.4, -0.2) is 9.13 Å². The predicted octanol–water partition coefficient (Wildman–Crippen LogP) is 14.0. The summed E-state index contributed by atoms with van der Waals surface area (Å²) in [5, 5.41) is 7.51. The lowest BCUT2D eigenvalue weighted by Crippen LogP contribution is -1.95. The van der Waals surface area contributed by atoms with Crippen molar-refractivity contribution in [1.82, 2.24) is 9.13 Å². The van der Waals surface area contributed by atoms with Gasteiger partial charge in [0.2, 0.25) is 0 Å². The van der Waals surface area contributed by atoms with Gasteiger partial charge < -0.3 is 9.13 Å². The van der Waals surface area contributed by atoms with Crippen molar-refractivity contribution in [3.8, 4) is 44.8 Å². The molecule has 0 saturated heterocycles. The molecule has 2 aromatic heterocycles. The fourth-order valence-corrected chi connectivity index (χ4v) is 8.56. The Balaban J connectivity index is 1.03. The van der Waals surface area contributed by atoms with Crippen LogP contribution < -0.4 is 0 Å². The minimum absolute atomic E-state index is 1.15. The maximum absolute atomic E-state index is 2.43. The van der Waals surface area contributed by atoms with Crippen molar-refractivity contribution >= 4 is 54.4 Å². The number of para-hydroxylation sites is 2. The Kier molecular flexibility index (Phi) is 6.90. The highest BCUT2D eigenvalue weighted by atomic mass is 15.0. The average Bonchev–Trinajstić information content (AvgIpc) is 3.76. The summed E-state index contributed by atoms with van der Waals surface area (Å²) >= 11 is 0. The van der Waals surface area contributed by atoms with Crippen LogP contribution >= 0.6 is 0 Å². The van der Waals surface area contributed by atoms with Crippen molar-refractivity contribution in [2.75, 3.05) is 0 Å². The summed E-state index contributed by atoms with van der Waals surface area (Å²) < 4.78 is 4.84. The second-order valence-corrected chi connectivity index (χ2v) is 14.2. The van der Waals surface area contributed by atoms with Crippen LogP contribution in [0.1, 0.15) is 0 Å². The second kappa shape index (κ2) is 12.2. The van der Waals surface area contributed by atoms with E-state index in [0.29, 0.717) is 0 Å². The number of hydrogen-bond donors (Lipinski definition) is 0. The van der Waals surface area contributed by atoms with Gasteiger partial charge in [-0.3, -0.25) is 0 Å². The molecule has 0 saturated carbocycles. The van der Waals surface area contributed by atoms with E-state index in [9.17, 15) is 0 Å². The zero-order valence-electron chi connectivity index (χ0n) is 29.5. The van der Waals surface area contributed by atoms with E-state index in [1.807, 2.05) is 0 Å². The predicted molar refractivity (Wildman–Crippen MR) is 229 cm³/mol. The Labute approximate surface area is 313 Å². The van der Waals surface area contributed by atoms with E-state index in [0.717, 1.165) is 5.69 Å². The number of hydrogen-bond acceptors (Lipinski definition) is 0. The first kappa shape index (κ1) is 30.5. The molecule has 0 aliphatic carbocycles. The standard InChI is InChI=1S/C52H34N2/c1-2-12-35(13-3-1)36-24-26-37(27-25-36)39-16-10-17-42(32-39)53-49-21-8-6-19-44(49)46-33-40(28-30-51(46)53)41-29-31-52-47(34-41)45-20-7-9-22-50(45)54(52)48-23-11-15-38-14-4-5-18-43(38)48/h1-34H. The summed E-state index contributed by atoms with van der Waals surface area (Å²) in [6.07, 6.45) is 0. The van der Waals surface area contributed by atoms with Gasteiger partial charge in [-0.1, -0.05) is 152 Å². The van der Waals surface area contributed by atoms with Crippen LogP contribution in [-0.2, 0) is 0 Å². The first-order chi connectivity index (χ1) is 26.8. The van der Waals surface area contributed by atoms with Crippen LogP contribution in [0.5, 0.6) is 0 Å². The summed E-state index contributed by atoms with van der Waals surface area (Å²) in [7, 11) is 0. The van der Waals surface area contributed by atoms with Crippen molar-refractivity contribution < 1.29 is 0 Å². The molecule has 0 bridgehead atoms. The molecule has 0 spiro atoms. The highest BCUT2D eigenvalue weighted by molar-refractivity contribution is 6.13. The highest BCUT2D eigenvalue weighted by Crippen LogP contribution is 2.39. The lowest BCUT2D eigenvalue weighted by molar-refractivity contribution is 1.18. The number of aromatic nitrogens is 2. The molecule has 0 atom stereocenters. The molecule has 0 N–H and O–H groups in total. The molecule has 0 radical (unpaired) electrons. The lowest BCUT2D eigenvalue weighted by Gasteiger charge is -2.12. The zero-order valence-corrected chi connectivity index (χ0v) is 29.5. The van der Waals surface area contributed by atoms with Gasteiger partial charge in [-0.25, -0.2) is 0 Å². The quantitative estimate of drug-likeness (QED) is 0.171. The number of fused-ring (bicyclic) bond motifs is 7. The van der Waals surface area contributed by atoms with Crippen LogP contribution in [0.3, 0.4) is 0 Å². The maximum atomic E-state index is 2.43. The number of benzene rings is 9. The van der Waals surface area contributed by atoms with Crippen molar-refractivity contribution in [2.24, 2.45) is 0 Å². The molecule has 0 amide bonds. The third kappa shape index (κ3) is 4.81. The van der Waals surface area contributed by atoms with Crippen molar-refractivity contribution in [2.45, 2.75) is 0 Å². The van der Waals surface area contributed by atoms with Crippen LogP contribution in [0.15, 0.2) is 206 Å². The molecule has 2 nitrogen and oxygen atoms in total. The topological polar surface area (TPSA) is 9.86 Å². The zero-order chi connectivity index (χ0) is 35.6. The van der Waals surface area contributed by atoms with E-state index >= 15 is 0 Å². The first-order valence-corrected chi connectivity index (χ1v) is 18.6. The Hall–Kier alpha value is -7.16. The van der Waals surface area contributed by atoms with Gasteiger partial charge in [0.1, 0.15) is 0 Å². The average molecular weight is 687 g/mol. The van der Waals surface area contributed by atoms with Gasteiger partial charge >= 0.3 is 0 Å². The molecule has 0 aliphatic heterocycles. The van der Waals surface area contributed by atoms with Gasteiger partial charge in [-0.2, -0.15) is 0 Å². The van der Waals surface area contributed by atoms with Crippen LogP contribution in [0, 0.1) is 0 Å². The largest absolute Gasteiger partial charge is 0.309 e. The molecule has 54 heavy (non-hydrogen) atoms. The van der Waals surface area contributed by atoms with Gasteiger partial charge in [-0.05, 0) is 93.4 Å².